The SMILES string of the molecule is Cc1nnc(C2CCCN(Cc3cnc(CC(F)(F)F)s3)C2)o1. The summed E-state index contributed by atoms with van der Waals surface area (Å²) in [7, 11) is 0. The van der Waals surface area contributed by atoms with Gasteiger partial charge in [-0.1, -0.05) is 0 Å². The smallest absolute Gasteiger partial charge is 0.395 e. The lowest BCUT2D eigenvalue weighted by atomic mass is 9.98. The Kier molecular flexibility index (Phi) is 4.67. The van der Waals surface area contributed by atoms with E-state index in [1.807, 2.05) is 0 Å². The lowest BCUT2D eigenvalue weighted by molar-refractivity contribution is -0.127. The maximum Gasteiger partial charge on any atom is 0.395 e. The number of thiazole rings is 1. The number of likely N-dealkylation sites (tertiary alicyclic amines) is 1. The molecule has 0 aromatic carbocycles. The summed E-state index contributed by atoms with van der Waals surface area (Å²) in [5, 5.41) is 8.05. The van der Waals surface area contributed by atoms with Crippen LogP contribution in [0, 0.1) is 6.92 Å². The molecule has 1 aliphatic rings. The molecular formula is C14H17F3N4OS. The van der Waals surface area contributed by atoms with Crippen LogP contribution >= 0.6 is 11.3 Å². The average Bonchev–Trinajstić information content (AvgIpc) is 3.07. The Hall–Kier alpha value is -1.48. The van der Waals surface area contributed by atoms with E-state index in [-0.39, 0.29) is 10.9 Å². The van der Waals surface area contributed by atoms with E-state index in [1.165, 1.54) is 0 Å². The molecular weight excluding hydrogens is 329 g/mol. The van der Waals surface area contributed by atoms with Crippen molar-refractivity contribution in [3.8, 4) is 0 Å². The van der Waals surface area contributed by atoms with Gasteiger partial charge in [-0.2, -0.15) is 13.2 Å². The van der Waals surface area contributed by atoms with Crippen molar-refractivity contribution in [3.63, 3.8) is 0 Å². The molecule has 3 rings (SSSR count). The predicted molar refractivity (Wildman–Crippen MR) is 78.2 cm³/mol. The highest BCUT2D eigenvalue weighted by molar-refractivity contribution is 7.11. The number of hydrogen-bond acceptors (Lipinski definition) is 6. The first-order valence-electron chi connectivity index (χ1n) is 7.42. The van der Waals surface area contributed by atoms with E-state index in [0.717, 1.165) is 42.1 Å². The highest BCUT2D eigenvalue weighted by atomic mass is 32.1. The first-order chi connectivity index (χ1) is 10.9. The van der Waals surface area contributed by atoms with Gasteiger partial charge in [-0.15, -0.1) is 21.5 Å². The Morgan fingerprint density at radius 2 is 2.22 bits per heavy atom. The van der Waals surface area contributed by atoms with E-state index in [2.05, 4.69) is 20.1 Å². The zero-order valence-corrected chi connectivity index (χ0v) is 13.5. The molecule has 0 saturated carbocycles. The molecule has 0 spiro atoms. The standard InChI is InChI=1S/C14H17F3N4OS/c1-9-19-20-13(22-9)10-3-2-4-21(7-10)8-11-6-18-12(23-11)5-14(15,16)17/h6,10H,2-5,7-8H2,1H3. The van der Waals surface area contributed by atoms with Crippen LogP contribution in [0.4, 0.5) is 13.2 Å². The Morgan fingerprint density at radius 1 is 1.39 bits per heavy atom. The Balaban J connectivity index is 1.59. The summed E-state index contributed by atoms with van der Waals surface area (Å²) in [6, 6.07) is 0. The molecule has 2 aromatic heterocycles. The fraction of sp³-hybridized carbons (Fsp3) is 0.643. The van der Waals surface area contributed by atoms with Crippen molar-refractivity contribution >= 4 is 11.3 Å². The molecule has 0 bridgehead atoms. The van der Waals surface area contributed by atoms with Gasteiger partial charge in [0, 0.05) is 31.1 Å². The van der Waals surface area contributed by atoms with Gasteiger partial charge in [-0.3, -0.25) is 4.90 Å². The van der Waals surface area contributed by atoms with Crippen LogP contribution in [0.5, 0.6) is 0 Å². The molecule has 1 saturated heterocycles. The number of rotatable bonds is 4. The van der Waals surface area contributed by atoms with Crippen LogP contribution in [0.1, 0.15) is 40.4 Å². The molecule has 1 atom stereocenters. The summed E-state index contributed by atoms with van der Waals surface area (Å²) < 4.78 is 42.6. The van der Waals surface area contributed by atoms with Gasteiger partial charge in [0.05, 0.1) is 12.3 Å². The zero-order valence-electron chi connectivity index (χ0n) is 12.6. The highest BCUT2D eigenvalue weighted by Gasteiger charge is 2.30. The average molecular weight is 346 g/mol. The van der Waals surface area contributed by atoms with Crippen LogP contribution in [-0.2, 0) is 13.0 Å². The quantitative estimate of drug-likeness (QED) is 0.850. The molecule has 1 unspecified atom stereocenters. The van der Waals surface area contributed by atoms with E-state index in [0.29, 0.717) is 18.3 Å². The molecule has 3 heterocycles. The number of aromatic nitrogens is 3. The third kappa shape index (κ3) is 4.51. The van der Waals surface area contributed by atoms with Gasteiger partial charge in [-0.25, -0.2) is 4.98 Å². The van der Waals surface area contributed by atoms with Crippen molar-refractivity contribution in [2.75, 3.05) is 13.1 Å². The molecule has 0 radical (unpaired) electrons. The predicted octanol–water partition coefficient (Wildman–Crippen LogP) is 3.32. The lowest BCUT2D eigenvalue weighted by Crippen LogP contribution is -2.33. The molecule has 9 heteroatoms. The van der Waals surface area contributed by atoms with E-state index in [9.17, 15) is 13.2 Å². The topological polar surface area (TPSA) is 55.1 Å². The molecule has 0 N–H and O–H groups in total. The van der Waals surface area contributed by atoms with Crippen LogP contribution in [0.15, 0.2) is 10.6 Å². The van der Waals surface area contributed by atoms with Crippen molar-refractivity contribution in [1.82, 2.24) is 20.1 Å². The normalized spacial score (nSPS) is 20.1. The largest absolute Gasteiger partial charge is 0.425 e. The molecule has 0 aliphatic carbocycles. The van der Waals surface area contributed by atoms with Gasteiger partial charge in [-0.05, 0) is 19.4 Å². The number of aryl methyl sites for hydroxylation is 1. The molecule has 126 valence electrons. The third-order valence-corrected chi connectivity index (χ3v) is 4.71. The van der Waals surface area contributed by atoms with Crippen molar-refractivity contribution in [1.29, 1.82) is 0 Å². The van der Waals surface area contributed by atoms with Gasteiger partial charge in [0.2, 0.25) is 11.8 Å². The minimum absolute atomic E-state index is 0.119. The Labute approximate surface area is 135 Å². The first kappa shape index (κ1) is 16.4. The van der Waals surface area contributed by atoms with E-state index in [1.54, 1.807) is 13.1 Å². The summed E-state index contributed by atoms with van der Waals surface area (Å²) in [6.07, 6.45) is -1.63. The Bertz CT molecular complexity index is 654. The van der Waals surface area contributed by atoms with Crippen molar-refractivity contribution < 1.29 is 17.6 Å². The van der Waals surface area contributed by atoms with Gasteiger partial charge in [0.1, 0.15) is 5.01 Å². The van der Waals surface area contributed by atoms with E-state index in [4.69, 9.17) is 4.42 Å². The molecule has 2 aromatic rings. The minimum atomic E-state index is -4.21. The van der Waals surface area contributed by atoms with Crippen LogP contribution in [0.2, 0.25) is 0 Å². The van der Waals surface area contributed by atoms with Crippen LogP contribution in [-0.4, -0.2) is 39.3 Å². The van der Waals surface area contributed by atoms with Gasteiger partial charge >= 0.3 is 6.18 Å². The Morgan fingerprint density at radius 3 is 2.91 bits per heavy atom. The number of halogens is 3. The lowest BCUT2D eigenvalue weighted by Gasteiger charge is -2.30. The summed E-state index contributed by atoms with van der Waals surface area (Å²) in [6.45, 7) is 4.06. The zero-order chi connectivity index (χ0) is 16.4. The fourth-order valence-electron chi connectivity index (χ4n) is 2.77. The second-order valence-corrected chi connectivity index (χ2v) is 6.95. The van der Waals surface area contributed by atoms with Crippen LogP contribution < -0.4 is 0 Å². The molecule has 0 amide bonds. The third-order valence-electron chi connectivity index (χ3n) is 3.73. The second kappa shape index (κ2) is 6.56. The maximum atomic E-state index is 12.4. The summed E-state index contributed by atoms with van der Waals surface area (Å²) >= 11 is 1.13. The summed E-state index contributed by atoms with van der Waals surface area (Å²) in [5.74, 6) is 1.39. The molecule has 1 aliphatic heterocycles. The highest BCUT2D eigenvalue weighted by Crippen LogP contribution is 2.29. The number of hydrogen-bond donors (Lipinski definition) is 0. The van der Waals surface area contributed by atoms with E-state index >= 15 is 0 Å². The number of alkyl halides is 3. The van der Waals surface area contributed by atoms with Crippen LogP contribution in [0.3, 0.4) is 0 Å². The maximum absolute atomic E-state index is 12.4. The monoisotopic (exact) mass is 346 g/mol. The van der Waals surface area contributed by atoms with Gasteiger partial charge < -0.3 is 4.42 Å². The van der Waals surface area contributed by atoms with Gasteiger partial charge in [0.15, 0.2) is 0 Å². The van der Waals surface area contributed by atoms with Crippen molar-refractivity contribution in [3.05, 3.63) is 27.9 Å². The molecule has 23 heavy (non-hydrogen) atoms. The summed E-state index contributed by atoms with van der Waals surface area (Å²) in [5.41, 5.74) is 0. The number of piperidine rings is 1. The molecule has 1 fully saturated rings. The van der Waals surface area contributed by atoms with Gasteiger partial charge in [0.25, 0.3) is 0 Å². The second-order valence-electron chi connectivity index (χ2n) is 5.75. The number of nitrogens with zero attached hydrogens (tertiary/aromatic N) is 4. The molecule has 5 nitrogen and oxygen atoms in total. The minimum Gasteiger partial charge on any atom is -0.425 e. The first-order valence-corrected chi connectivity index (χ1v) is 8.23. The van der Waals surface area contributed by atoms with Crippen LogP contribution in [0.25, 0.3) is 0 Å². The van der Waals surface area contributed by atoms with Crippen molar-refractivity contribution in [2.45, 2.75) is 44.8 Å². The van der Waals surface area contributed by atoms with Crippen molar-refractivity contribution in [2.24, 2.45) is 0 Å². The fourth-order valence-corrected chi connectivity index (χ4v) is 3.77. The summed E-state index contributed by atoms with van der Waals surface area (Å²) in [4.78, 5) is 6.94. The van der Waals surface area contributed by atoms with E-state index < -0.39 is 12.6 Å².